The number of aromatic nitrogens is 2. The molecule has 6 nitrogen and oxygen atoms in total. The van der Waals surface area contributed by atoms with Crippen molar-refractivity contribution in [3.63, 3.8) is 0 Å². The number of hydrogen-bond donors (Lipinski definition) is 0. The number of hydrogen-bond acceptors (Lipinski definition) is 4. The lowest BCUT2D eigenvalue weighted by Crippen LogP contribution is -2.30. The van der Waals surface area contributed by atoms with E-state index in [1.807, 2.05) is 47.0 Å². The van der Waals surface area contributed by atoms with E-state index in [1.165, 1.54) is 5.56 Å². The van der Waals surface area contributed by atoms with E-state index in [0.717, 1.165) is 34.5 Å². The predicted octanol–water partition coefficient (Wildman–Crippen LogP) is 3.21. The fraction of sp³-hybridized carbons (Fsp3) is 0.273. The molecule has 0 spiro atoms. The van der Waals surface area contributed by atoms with Crippen molar-refractivity contribution in [3.05, 3.63) is 58.8 Å². The maximum absolute atomic E-state index is 13.4. The van der Waals surface area contributed by atoms with Crippen molar-refractivity contribution in [1.82, 2.24) is 9.78 Å². The largest absolute Gasteiger partial charge is 0.493 e. The smallest absolute Gasteiger partial charge is 0.279 e. The molecule has 0 radical (unpaired) electrons. The Morgan fingerprint density at radius 3 is 2.61 bits per heavy atom. The number of ether oxygens (including phenoxy) is 2. The van der Waals surface area contributed by atoms with Crippen LogP contribution < -0.4 is 14.4 Å². The first-order valence-corrected chi connectivity index (χ1v) is 9.33. The van der Waals surface area contributed by atoms with Crippen molar-refractivity contribution in [2.45, 2.75) is 12.8 Å². The van der Waals surface area contributed by atoms with E-state index in [9.17, 15) is 4.79 Å². The summed E-state index contributed by atoms with van der Waals surface area (Å²) >= 11 is 0. The molecule has 28 heavy (non-hydrogen) atoms. The van der Waals surface area contributed by atoms with E-state index in [0.29, 0.717) is 30.2 Å². The van der Waals surface area contributed by atoms with Crippen LogP contribution >= 0.6 is 0 Å². The Kier molecular flexibility index (Phi) is 3.69. The van der Waals surface area contributed by atoms with Crippen molar-refractivity contribution in [2.75, 3.05) is 25.7 Å². The summed E-state index contributed by atoms with van der Waals surface area (Å²) in [5, 5.41) is 4.60. The molecule has 2 heterocycles. The summed E-state index contributed by atoms with van der Waals surface area (Å²) in [7, 11) is 5.15. The van der Waals surface area contributed by atoms with Crippen LogP contribution in [-0.4, -0.2) is 36.5 Å². The number of methoxy groups -OCH3 is 2. The molecule has 142 valence electrons. The highest BCUT2D eigenvalue weighted by Crippen LogP contribution is 2.44. The van der Waals surface area contributed by atoms with Gasteiger partial charge in [-0.3, -0.25) is 9.48 Å². The van der Waals surface area contributed by atoms with E-state index in [-0.39, 0.29) is 5.91 Å². The van der Waals surface area contributed by atoms with Crippen molar-refractivity contribution >= 4 is 11.6 Å². The Bertz CT molecular complexity index is 1120. The topological polar surface area (TPSA) is 56.6 Å². The van der Waals surface area contributed by atoms with E-state index in [1.54, 1.807) is 14.2 Å². The molecular weight excluding hydrogens is 354 g/mol. The normalized spacial score (nSPS) is 13.9. The van der Waals surface area contributed by atoms with Gasteiger partial charge in [0.2, 0.25) is 0 Å². The van der Waals surface area contributed by atoms with Crippen LogP contribution in [0.15, 0.2) is 36.4 Å². The molecular formula is C22H21N3O3. The molecule has 0 saturated carbocycles. The predicted molar refractivity (Wildman–Crippen MR) is 106 cm³/mol. The zero-order chi connectivity index (χ0) is 19.4. The van der Waals surface area contributed by atoms with Gasteiger partial charge in [0.25, 0.3) is 5.91 Å². The highest BCUT2D eigenvalue weighted by atomic mass is 16.5. The van der Waals surface area contributed by atoms with Crippen molar-refractivity contribution in [2.24, 2.45) is 7.05 Å². The quantitative estimate of drug-likeness (QED) is 0.552. The molecule has 0 fully saturated rings. The van der Waals surface area contributed by atoms with Gasteiger partial charge in [-0.25, -0.2) is 0 Å². The number of fused-ring (bicyclic) bond motifs is 4. The molecule has 3 aromatic rings. The van der Waals surface area contributed by atoms with Gasteiger partial charge in [0.05, 0.1) is 19.9 Å². The molecule has 1 aliphatic carbocycles. The molecule has 2 aliphatic rings. The van der Waals surface area contributed by atoms with Gasteiger partial charge in [-0.15, -0.1) is 0 Å². The molecule has 0 bridgehead atoms. The number of para-hydroxylation sites is 1. The molecule has 6 heteroatoms. The highest BCUT2D eigenvalue weighted by Gasteiger charge is 2.34. The summed E-state index contributed by atoms with van der Waals surface area (Å²) in [4.78, 5) is 15.2. The Morgan fingerprint density at radius 2 is 1.82 bits per heavy atom. The molecule has 0 atom stereocenters. The SMILES string of the molecule is COc1cc2c(cc1OC)-c1c(c(C(=O)N3CCc4ccccc43)nn1C)C2. The van der Waals surface area contributed by atoms with Crippen LogP contribution in [0.3, 0.4) is 0 Å². The molecule has 2 aromatic carbocycles. The number of carbonyl (C=O) groups is 1. The maximum Gasteiger partial charge on any atom is 0.279 e. The summed E-state index contributed by atoms with van der Waals surface area (Å²) in [6.45, 7) is 0.693. The number of carbonyl (C=O) groups excluding carboxylic acids is 1. The van der Waals surface area contributed by atoms with Crippen LogP contribution in [0, 0.1) is 0 Å². The second-order valence-corrected chi connectivity index (χ2v) is 7.18. The van der Waals surface area contributed by atoms with Gasteiger partial charge in [0.15, 0.2) is 17.2 Å². The zero-order valence-corrected chi connectivity index (χ0v) is 16.2. The average molecular weight is 375 g/mol. The fourth-order valence-electron chi connectivity index (χ4n) is 4.40. The molecule has 1 aromatic heterocycles. The van der Waals surface area contributed by atoms with Gasteiger partial charge >= 0.3 is 0 Å². The number of aryl methyl sites for hydroxylation is 1. The number of benzene rings is 2. The van der Waals surface area contributed by atoms with Crippen molar-refractivity contribution < 1.29 is 14.3 Å². The van der Waals surface area contributed by atoms with Crippen LogP contribution in [0.5, 0.6) is 11.5 Å². The van der Waals surface area contributed by atoms with E-state index >= 15 is 0 Å². The molecule has 0 saturated heterocycles. The summed E-state index contributed by atoms with van der Waals surface area (Å²) in [6.07, 6.45) is 1.54. The Labute approximate surface area is 163 Å². The first-order valence-electron chi connectivity index (χ1n) is 9.33. The van der Waals surface area contributed by atoms with Gasteiger partial charge < -0.3 is 14.4 Å². The van der Waals surface area contributed by atoms with Crippen LogP contribution in [0.2, 0.25) is 0 Å². The molecule has 1 amide bonds. The van der Waals surface area contributed by atoms with Gasteiger partial charge in [-0.1, -0.05) is 18.2 Å². The van der Waals surface area contributed by atoms with Crippen LogP contribution in [-0.2, 0) is 19.9 Å². The second-order valence-electron chi connectivity index (χ2n) is 7.18. The monoisotopic (exact) mass is 375 g/mol. The number of rotatable bonds is 3. The average Bonchev–Trinajstić information content (AvgIpc) is 3.39. The van der Waals surface area contributed by atoms with E-state index in [4.69, 9.17) is 9.47 Å². The molecule has 0 N–H and O–H groups in total. The third-order valence-corrected chi connectivity index (χ3v) is 5.71. The van der Waals surface area contributed by atoms with Crippen LogP contribution in [0.4, 0.5) is 5.69 Å². The van der Waals surface area contributed by atoms with Crippen molar-refractivity contribution in [1.29, 1.82) is 0 Å². The third-order valence-electron chi connectivity index (χ3n) is 5.71. The van der Waals surface area contributed by atoms with Gasteiger partial charge in [0.1, 0.15) is 0 Å². The zero-order valence-electron chi connectivity index (χ0n) is 16.2. The third kappa shape index (κ3) is 2.27. The van der Waals surface area contributed by atoms with Crippen molar-refractivity contribution in [3.8, 4) is 22.8 Å². The lowest BCUT2D eigenvalue weighted by atomic mass is 10.1. The van der Waals surface area contributed by atoms with Crippen LogP contribution in [0.1, 0.15) is 27.2 Å². The Balaban J connectivity index is 1.58. The highest BCUT2D eigenvalue weighted by molar-refractivity contribution is 6.08. The molecule has 0 unspecified atom stereocenters. The fourth-order valence-corrected chi connectivity index (χ4v) is 4.40. The van der Waals surface area contributed by atoms with Gasteiger partial charge in [-0.2, -0.15) is 5.10 Å². The lowest BCUT2D eigenvalue weighted by molar-refractivity contribution is 0.0983. The Morgan fingerprint density at radius 1 is 1.07 bits per heavy atom. The summed E-state index contributed by atoms with van der Waals surface area (Å²) in [5.41, 5.74) is 6.85. The van der Waals surface area contributed by atoms with E-state index < -0.39 is 0 Å². The molecule has 1 aliphatic heterocycles. The lowest BCUT2D eigenvalue weighted by Gasteiger charge is -2.16. The minimum absolute atomic E-state index is 0.0338. The number of amides is 1. The minimum atomic E-state index is -0.0338. The maximum atomic E-state index is 13.4. The van der Waals surface area contributed by atoms with Crippen LogP contribution in [0.25, 0.3) is 11.3 Å². The molecule has 5 rings (SSSR count). The number of anilines is 1. The summed E-state index contributed by atoms with van der Waals surface area (Å²) < 4.78 is 12.7. The Hall–Kier alpha value is -3.28. The first-order chi connectivity index (χ1) is 13.6. The summed E-state index contributed by atoms with van der Waals surface area (Å²) in [6, 6.07) is 12.0. The number of nitrogens with zero attached hydrogens (tertiary/aromatic N) is 3. The first kappa shape index (κ1) is 16.9. The minimum Gasteiger partial charge on any atom is -0.493 e. The second kappa shape index (κ2) is 6.12. The van der Waals surface area contributed by atoms with E-state index in [2.05, 4.69) is 11.2 Å². The summed E-state index contributed by atoms with van der Waals surface area (Å²) in [5.74, 6) is 1.34. The van der Waals surface area contributed by atoms with Gasteiger partial charge in [0, 0.05) is 36.8 Å². The standard InChI is InChI=1S/C22H21N3O3/c1-24-21-15-12-19(28-3)18(27-2)11-14(15)10-16(21)20(23-24)22(26)25-9-8-13-6-4-5-7-17(13)25/h4-7,11-12H,8-10H2,1-3H3. The van der Waals surface area contributed by atoms with Gasteiger partial charge in [-0.05, 0) is 35.7 Å².